The van der Waals surface area contributed by atoms with Gasteiger partial charge in [-0.3, -0.25) is 19.2 Å². The lowest BCUT2D eigenvalue weighted by Gasteiger charge is -2.24. The number of Topliss-reactive ketones (excluding diaryl/α,β-unsaturated/α-hetero) is 1. The molecule has 7 heteroatoms. The lowest BCUT2D eigenvalue weighted by Crippen LogP contribution is -2.50. The van der Waals surface area contributed by atoms with E-state index in [1.54, 1.807) is 62.4 Å². The smallest absolute Gasteiger partial charge is 0.268 e. The molecule has 0 bridgehead atoms. The van der Waals surface area contributed by atoms with Gasteiger partial charge in [-0.2, -0.15) is 0 Å². The molecule has 30 heavy (non-hydrogen) atoms. The fourth-order valence-electron chi connectivity index (χ4n) is 3.34. The van der Waals surface area contributed by atoms with E-state index in [-0.39, 0.29) is 22.5 Å². The van der Waals surface area contributed by atoms with Gasteiger partial charge < -0.3 is 10.6 Å². The molecule has 1 aliphatic heterocycles. The van der Waals surface area contributed by atoms with E-state index in [0.717, 1.165) is 0 Å². The molecule has 0 saturated carbocycles. The second-order valence-electron chi connectivity index (χ2n) is 7.26. The van der Waals surface area contributed by atoms with E-state index in [2.05, 4.69) is 10.6 Å². The van der Waals surface area contributed by atoms with Gasteiger partial charge in [0.05, 0.1) is 17.6 Å². The summed E-state index contributed by atoms with van der Waals surface area (Å²) in [6.45, 7) is 4.42. The molecule has 3 amide bonds. The normalized spacial score (nSPS) is 21.3. The van der Waals surface area contributed by atoms with E-state index in [1.165, 1.54) is 6.07 Å². The maximum atomic E-state index is 13.4. The number of imide groups is 3. The molecule has 7 nitrogen and oxygen atoms in total. The Bertz CT molecular complexity index is 958. The summed E-state index contributed by atoms with van der Waals surface area (Å²) >= 11 is 0. The Morgan fingerprint density at radius 2 is 1.40 bits per heavy atom. The van der Waals surface area contributed by atoms with Crippen LogP contribution in [0.25, 0.3) is 0 Å². The average Bonchev–Trinajstić information content (AvgIpc) is 2.78. The highest BCUT2D eigenvalue weighted by molar-refractivity contribution is 6.23. The second kappa shape index (κ2) is 9.56. The number of carbonyl (C=O) groups excluding carboxylic acids is 4. The zero-order valence-electron chi connectivity index (χ0n) is 17.1. The minimum Gasteiger partial charge on any atom is -0.307 e. The van der Waals surface area contributed by atoms with E-state index in [1.807, 2.05) is 0 Å². The minimum absolute atomic E-state index is 0.0280. The molecule has 0 aromatic heterocycles. The first-order valence-corrected chi connectivity index (χ1v) is 9.99. The molecule has 156 valence electrons. The third-order valence-electron chi connectivity index (χ3n) is 5.09. The van der Waals surface area contributed by atoms with Crippen LogP contribution < -0.4 is 10.6 Å². The van der Waals surface area contributed by atoms with Gasteiger partial charge in [0.15, 0.2) is 5.78 Å². The molecular weight excluding hydrogens is 382 g/mol. The minimum atomic E-state index is -0.808. The number of hydrogen-bond donors (Lipinski definition) is 2. The fourth-order valence-corrected chi connectivity index (χ4v) is 3.34. The molecule has 0 spiro atoms. The van der Waals surface area contributed by atoms with Crippen LogP contribution >= 0.6 is 0 Å². The molecule has 2 aromatic rings. The highest BCUT2D eigenvalue weighted by Gasteiger charge is 2.35. The first-order valence-electron chi connectivity index (χ1n) is 9.99. The predicted octanol–water partition coefficient (Wildman–Crippen LogP) is 2.04. The number of hydrogen-bond acceptors (Lipinski definition) is 6. The van der Waals surface area contributed by atoms with Gasteiger partial charge in [0.25, 0.3) is 17.7 Å². The number of nitrogens with zero attached hydrogens (tertiary/aromatic N) is 1. The monoisotopic (exact) mass is 407 g/mol. The number of carbonyl (C=O) groups is 4. The van der Waals surface area contributed by atoms with Crippen molar-refractivity contribution in [1.29, 1.82) is 0 Å². The van der Waals surface area contributed by atoms with Crippen molar-refractivity contribution in [1.82, 2.24) is 15.5 Å². The van der Waals surface area contributed by atoms with Crippen LogP contribution in [-0.4, -0.2) is 53.6 Å². The van der Waals surface area contributed by atoms with E-state index in [4.69, 9.17) is 0 Å². The zero-order valence-corrected chi connectivity index (χ0v) is 17.1. The second-order valence-corrected chi connectivity index (χ2v) is 7.26. The summed E-state index contributed by atoms with van der Waals surface area (Å²) in [4.78, 5) is 53.4. The number of ketones is 1. The molecular formula is C23H25N3O4. The zero-order chi connectivity index (χ0) is 21.7. The molecule has 2 unspecified atom stereocenters. The van der Waals surface area contributed by atoms with Crippen molar-refractivity contribution in [3.8, 4) is 0 Å². The number of nitrogens with one attached hydrogen (secondary N) is 2. The Morgan fingerprint density at radius 1 is 0.833 bits per heavy atom. The predicted molar refractivity (Wildman–Crippen MR) is 112 cm³/mol. The molecule has 0 saturated heterocycles. The molecule has 0 fully saturated rings. The van der Waals surface area contributed by atoms with Gasteiger partial charge >= 0.3 is 0 Å². The molecule has 1 heterocycles. The quantitative estimate of drug-likeness (QED) is 0.703. The molecule has 1 aliphatic rings. The van der Waals surface area contributed by atoms with E-state index >= 15 is 0 Å². The van der Waals surface area contributed by atoms with Gasteiger partial charge in [0, 0.05) is 11.1 Å². The Morgan fingerprint density at radius 3 is 2.07 bits per heavy atom. The van der Waals surface area contributed by atoms with Crippen molar-refractivity contribution in [2.24, 2.45) is 0 Å². The first kappa shape index (κ1) is 21.5. The highest BCUT2D eigenvalue weighted by Crippen LogP contribution is 2.18. The molecule has 3 rings (SSSR count). The van der Waals surface area contributed by atoms with Crippen LogP contribution in [0.5, 0.6) is 0 Å². The van der Waals surface area contributed by atoms with E-state index in [9.17, 15) is 19.2 Å². The highest BCUT2D eigenvalue weighted by atomic mass is 16.2. The molecule has 2 atom stereocenters. The van der Waals surface area contributed by atoms with Gasteiger partial charge in [-0.1, -0.05) is 36.4 Å². The SMILES string of the molecule is CC1NCCCNC(C)C(=O)N(C(=O)c2ccccc2)C(=O)c2ccccc2C1=O. The summed E-state index contributed by atoms with van der Waals surface area (Å²) < 4.78 is 0. The van der Waals surface area contributed by atoms with Crippen LogP contribution in [0.2, 0.25) is 0 Å². The molecule has 2 N–H and O–H groups in total. The summed E-state index contributed by atoms with van der Waals surface area (Å²) in [6, 6.07) is 13.2. The average molecular weight is 407 g/mol. The number of benzene rings is 2. The number of amides is 3. The summed E-state index contributed by atoms with van der Waals surface area (Å²) in [6.07, 6.45) is 0.678. The Kier molecular flexibility index (Phi) is 6.87. The third kappa shape index (κ3) is 4.53. The van der Waals surface area contributed by atoms with Crippen molar-refractivity contribution in [3.63, 3.8) is 0 Å². The van der Waals surface area contributed by atoms with E-state index < -0.39 is 29.8 Å². The first-order chi connectivity index (χ1) is 14.4. The summed E-state index contributed by atoms with van der Waals surface area (Å²) in [5, 5.41) is 6.20. The lowest BCUT2D eigenvalue weighted by atomic mass is 9.98. The van der Waals surface area contributed by atoms with E-state index in [0.29, 0.717) is 24.4 Å². The standard InChI is InChI=1S/C23H25N3O4/c1-15-20(27)18-11-6-7-12-19(18)23(30)26(22(29)17-9-4-3-5-10-17)21(28)16(2)25-14-8-13-24-15/h3-7,9-12,15-16,24-25H,8,13-14H2,1-2H3. The summed E-state index contributed by atoms with van der Waals surface area (Å²) in [5.41, 5.74) is 0.427. The summed E-state index contributed by atoms with van der Waals surface area (Å²) in [7, 11) is 0. The van der Waals surface area contributed by atoms with Crippen LogP contribution in [0.15, 0.2) is 54.6 Å². The maximum absolute atomic E-state index is 13.4. The Hall–Kier alpha value is -3.16. The van der Waals surface area contributed by atoms with Crippen molar-refractivity contribution in [3.05, 3.63) is 71.3 Å². The van der Waals surface area contributed by atoms with Crippen molar-refractivity contribution >= 4 is 23.5 Å². The third-order valence-corrected chi connectivity index (χ3v) is 5.09. The largest absolute Gasteiger partial charge is 0.307 e. The van der Waals surface area contributed by atoms with Crippen molar-refractivity contribution < 1.29 is 19.2 Å². The van der Waals surface area contributed by atoms with Gasteiger partial charge in [0.2, 0.25) is 0 Å². The molecule has 2 aromatic carbocycles. The lowest BCUT2D eigenvalue weighted by molar-refractivity contribution is -0.128. The van der Waals surface area contributed by atoms with Crippen LogP contribution in [0.1, 0.15) is 51.3 Å². The van der Waals surface area contributed by atoms with Gasteiger partial charge in [-0.15, -0.1) is 0 Å². The maximum Gasteiger partial charge on any atom is 0.268 e. The Balaban J connectivity index is 2.11. The molecule has 0 aliphatic carbocycles. The van der Waals surface area contributed by atoms with Crippen molar-refractivity contribution in [2.75, 3.05) is 13.1 Å². The number of fused-ring (bicyclic) bond motifs is 1. The van der Waals surface area contributed by atoms with Crippen LogP contribution in [0.3, 0.4) is 0 Å². The van der Waals surface area contributed by atoms with Gasteiger partial charge in [-0.05, 0) is 51.6 Å². The van der Waals surface area contributed by atoms with Gasteiger partial charge in [0.1, 0.15) is 0 Å². The van der Waals surface area contributed by atoms with Crippen LogP contribution in [-0.2, 0) is 4.79 Å². The van der Waals surface area contributed by atoms with Crippen LogP contribution in [0, 0.1) is 0 Å². The topological polar surface area (TPSA) is 95.6 Å². The van der Waals surface area contributed by atoms with Gasteiger partial charge in [-0.25, -0.2) is 4.90 Å². The summed E-state index contributed by atoms with van der Waals surface area (Å²) in [5.74, 6) is -2.45. The van der Waals surface area contributed by atoms with Crippen LogP contribution in [0.4, 0.5) is 0 Å². The number of rotatable bonds is 1. The molecule has 0 radical (unpaired) electrons. The fraction of sp³-hybridized carbons (Fsp3) is 0.304. The van der Waals surface area contributed by atoms with Crippen molar-refractivity contribution in [2.45, 2.75) is 32.4 Å². The Labute approximate surface area is 175 Å².